The average molecular weight is 782 g/mol. The van der Waals surface area contributed by atoms with Gasteiger partial charge >= 0.3 is 24.8 Å². The molecule has 14 heteroatoms. The Balaban J connectivity index is 0.000000134. The van der Waals surface area contributed by atoms with Crippen LogP contribution in [0.5, 0.6) is 0 Å². The zero-order valence-electron chi connectivity index (χ0n) is 24.8. The second kappa shape index (κ2) is 16.4. The number of aromatic amines is 1. The molecule has 1 radical (unpaired) electrons. The summed E-state index contributed by atoms with van der Waals surface area (Å²) in [7, 11) is 4.34. The molecule has 3 aromatic heterocycles. The van der Waals surface area contributed by atoms with Crippen LogP contribution in [0.25, 0.3) is 33.8 Å². The number of thiol groups is 1. The van der Waals surface area contributed by atoms with E-state index >= 15 is 0 Å². The quantitative estimate of drug-likeness (QED) is 0.135. The van der Waals surface area contributed by atoms with E-state index < -0.39 is 0 Å². The molecule has 47 heavy (non-hydrogen) atoms. The van der Waals surface area contributed by atoms with Gasteiger partial charge in [-0.3, -0.25) is 14.5 Å². The number of nitrogens with zero attached hydrogens (tertiary/aromatic N) is 6. The summed E-state index contributed by atoms with van der Waals surface area (Å²) in [6.07, 6.45) is 10.5. The molecule has 2 fully saturated rings. The molecular formula is C33H28BBr2F3N7S. The Morgan fingerprint density at radius 2 is 1.02 bits per heavy atom. The van der Waals surface area contributed by atoms with Crippen LogP contribution in [0.1, 0.15) is 37.8 Å². The van der Waals surface area contributed by atoms with Crippen LogP contribution in [0, 0.1) is 17.5 Å². The number of rotatable bonds is 5. The van der Waals surface area contributed by atoms with Crippen molar-refractivity contribution < 1.29 is 13.2 Å². The van der Waals surface area contributed by atoms with Gasteiger partial charge in [0.15, 0.2) is 0 Å². The van der Waals surface area contributed by atoms with Gasteiger partial charge in [0.2, 0.25) is 0 Å². The van der Waals surface area contributed by atoms with E-state index in [1.54, 1.807) is 42.6 Å². The van der Waals surface area contributed by atoms with Gasteiger partial charge in [-0.1, -0.05) is 0 Å². The third kappa shape index (κ3) is 9.88. The fraction of sp³-hybridized carbons (Fsp3) is 0.182. The number of hydrogen-bond acceptors (Lipinski definition) is 5. The van der Waals surface area contributed by atoms with Gasteiger partial charge in [-0.05, 0) is 142 Å². The van der Waals surface area contributed by atoms with Crippen molar-refractivity contribution in [3.05, 3.63) is 124 Å². The van der Waals surface area contributed by atoms with Gasteiger partial charge in [0.1, 0.15) is 28.8 Å². The Labute approximate surface area is 293 Å². The predicted molar refractivity (Wildman–Crippen MR) is 188 cm³/mol. The second-order valence-electron chi connectivity index (χ2n) is 10.7. The Morgan fingerprint density at radius 3 is 1.34 bits per heavy atom. The summed E-state index contributed by atoms with van der Waals surface area (Å²) in [5.74, 6) is -0.665. The molecule has 1 N–H and O–H groups in total. The first kappa shape index (κ1) is 34.6. The SMILES string of the molecule is Fc1ccc(-c2ccn[nH]2)cc1.Fc1ccc(-c2nn(C3CC3)cc2Br)cc1.Fc1ccc(-c2nn(C3CC3)cc2Br)cc1.[B]=NS. The number of hydrogen-bond donors (Lipinski definition) is 2. The van der Waals surface area contributed by atoms with E-state index in [2.05, 4.69) is 77.0 Å². The zero-order valence-corrected chi connectivity index (χ0v) is 28.9. The van der Waals surface area contributed by atoms with Crippen molar-refractivity contribution in [3.63, 3.8) is 0 Å². The van der Waals surface area contributed by atoms with Crippen molar-refractivity contribution in [1.29, 1.82) is 0 Å². The van der Waals surface area contributed by atoms with Crippen LogP contribution >= 0.6 is 44.7 Å². The molecule has 0 spiro atoms. The van der Waals surface area contributed by atoms with Crippen LogP contribution in [0.15, 0.2) is 111 Å². The molecule has 6 aromatic rings. The normalized spacial score (nSPS) is 13.3. The van der Waals surface area contributed by atoms with E-state index in [0.717, 1.165) is 42.7 Å². The number of benzene rings is 3. The van der Waals surface area contributed by atoms with Crippen molar-refractivity contribution in [2.24, 2.45) is 4.30 Å². The number of H-pyrrole nitrogens is 1. The van der Waals surface area contributed by atoms with Crippen molar-refractivity contribution in [2.45, 2.75) is 37.8 Å². The van der Waals surface area contributed by atoms with Crippen LogP contribution in [0.4, 0.5) is 13.2 Å². The summed E-state index contributed by atoms with van der Waals surface area (Å²) >= 11 is 10.2. The van der Waals surface area contributed by atoms with E-state index in [9.17, 15) is 13.2 Å². The van der Waals surface area contributed by atoms with Gasteiger partial charge in [0.05, 0.1) is 26.7 Å². The molecule has 0 bridgehead atoms. The molecule has 0 aliphatic heterocycles. The molecule has 0 amide bonds. The Bertz CT molecular complexity index is 1780. The predicted octanol–water partition coefficient (Wildman–Crippen LogP) is 9.97. The van der Waals surface area contributed by atoms with E-state index in [-0.39, 0.29) is 17.5 Å². The molecule has 239 valence electrons. The number of halogens is 5. The molecule has 8 rings (SSSR count). The molecule has 2 aliphatic rings. The standard InChI is InChI=1S/2C12H10BrFN2.C9H7FN2.BHNS/c2*13-11-7-16(10-5-6-10)15-12(11)8-1-3-9(14)4-2-8;10-8-3-1-7(2-4-8)9-5-6-11-12-9;1-2-3/h2*1-4,7,10H,5-6H2;1-6H,(H,11,12);3H. The molecule has 3 aromatic carbocycles. The summed E-state index contributed by atoms with van der Waals surface area (Å²) in [6.45, 7) is 0. The minimum atomic E-state index is -0.224. The first-order valence-electron chi connectivity index (χ1n) is 14.6. The van der Waals surface area contributed by atoms with Gasteiger partial charge in [0.25, 0.3) is 0 Å². The van der Waals surface area contributed by atoms with Crippen LogP contribution in [-0.2, 0) is 0 Å². The zero-order chi connectivity index (χ0) is 33.3. The molecule has 7 nitrogen and oxygen atoms in total. The Morgan fingerprint density at radius 1 is 0.660 bits per heavy atom. The minimum absolute atomic E-state index is 0.221. The maximum absolute atomic E-state index is 12.8. The number of aromatic nitrogens is 6. The third-order valence-corrected chi connectivity index (χ3v) is 8.27. The van der Waals surface area contributed by atoms with Crippen molar-refractivity contribution in [2.75, 3.05) is 0 Å². The summed E-state index contributed by atoms with van der Waals surface area (Å²) in [5.41, 5.74) is 5.48. The molecule has 2 saturated carbocycles. The van der Waals surface area contributed by atoms with Gasteiger partial charge in [-0.15, -0.1) is 0 Å². The fourth-order valence-corrected chi connectivity index (χ4v) is 5.48. The summed E-state index contributed by atoms with van der Waals surface area (Å²) < 4.78 is 46.7. The topological polar surface area (TPSA) is 76.7 Å². The average Bonchev–Trinajstić information content (AvgIpc) is 3.97. The van der Waals surface area contributed by atoms with E-state index in [0.29, 0.717) is 12.1 Å². The van der Waals surface area contributed by atoms with E-state index in [1.807, 2.05) is 27.8 Å². The fourth-order valence-electron chi connectivity index (χ4n) is 4.44. The monoisotopic (exact) mass is 780 g/mol. The van der Waals surface area contributed by atoms with E-state index in [4.69, 9.17) is 0 Å². The summed E-state index contributed by atoms with van der Waals surface area (Å²) in [4.78, 5) is 0. The summed E-state index contributed by atoms with van der Waals surface area (Å²) in [5, 5.41) is 15.6. The van der Waals surface area contributed by atoms with Gasteiger partial charge in [-0.2, -0.15) is 15.3 Å². The first-order valence-corrected chi connectivity index (χ1v) is 16.5. The Kier molecular flexibility index (Phi) is 12.1. The Hall–Kier alpha value is -3.75. The molecule has 3 heterocycles. The van der Waals surface area contributed by atoms with Crippen molar-refractivity contribution in [1.82, 2.24) is 29.8 Å². The third-order valence-electron chi connectivity index (χ3n) is 7.11. The first-order chi connectivity index (χ1) is 22.7. The van der Waals surface area contributed by atoms with Crippen LogP contribution in [0.3, 0.4) is 0 Å². The number of nitrogens with one attached hydrogen (secondary N) is 1. The molecule has 0 atom stereocenters. The van der Waals surface area contributed by atoms with E-state index in [1.165, 1.54) is 62.1 Å². The molecule has 2 aliphatic carbocycles. The summed E-state index contributed by atoms with van der Waals surface area (Å²) in [6, 6.07) is 22.1. The van der Waals surface area contributed by atoms with Crippen molar-refractivity contribution in [3.8, 4) is 33.8 Å². The van der Waals surface area contributed by atoms with Gasteiger partial charge in [0, 0.05) is 29.7 Å². The second-order valence-corrected chi connectivity index (χ2v) is 12.6. The van der Waals surface area contributed by atoms with Crippen LogP contribution in [-0.4, -0.2) is 37.4 Å². The maximum atomic E-state index is 12.8. The van der Waals surface area contributed by atoms with Crippen molar-refractivity contribution >= 4 is 52.3 Å². The molecule has 0 unspecified atom stereocenters. The van der Waals surface area contributed by atoms with Gasteiger partial charge < -0.3 is 0 Å². The van der Waals surface area contributed by atoms with Crippen LogP contribution < -0.4 is 0 Å². The molecule has 0 saturated heterocycles. The van der Waals surface area contributed by atoms with Gasteiger partial charge in [-0.25, -0.2) is 13.2 Å². The van der Waals surface area contributed by atoms with Crippen LogP contribution in [0.2, 0.25) is 0 Å². The molecular weight excluding hydrogens is 754 g/mol.